The van der Waals surface area contributed by atoms with Crippen LogP contribution in [0.5, 0.6) is 0 Å². The lowest BCUT2D eigenvalue weighted by molar-refractivity contribution is 1.15. The Morgan fingerprint density at radius 3 is 2.85 bits per heavy atom. The van der Waals surface area contributed by atoms with Crippen LogP contribution in [0.25, 0.3) is 5.65 Å². The summed E-state index contributed by atoms with van der Waals surface area (Å²) in [4.78, 5) is 4.38. The number of aromatic nitrogens is 2. The van der Waals surface area contributed by atoms with Crippen molar-refractivity contribution < 1.29 is 0 Å². The molecule has 0 saturated carbocycles. The van der Waals surface area contributed by atoms with E-state index in [9.17, 15) is 0 Å². The summed E-state index contributed by atoms with van der Waals surface area (Å²) in [5.74, 6) is 5.33. The lowest BCUT2D eigenvalue weighted by Gasteiger charge is -2.03. The monoisotopic (exact) mass is 176 g/mol. The van der Waals surface area contributed by atoms with Crippen LogP contribution in [0, 0.1) is 13.8 Å². The summed E-state index contributed by atoms with van der Waals surface area (Å²) < 4.78 is 1.97. The first-order valence-electron chi connectivity index (χ1n) is 4.13. The highest BCUT2D eigenvalue weighted by atomic mass is 15.2. The number of pyridine rings is 1. The van der Waals surface area contributed by atoms with Gasteiger partial charge in [-0.15, -0.1) is 0 Å². The van der Waals surface area contributed by atoms with Crippen LogP contribution in [0.15, 0.2) is 18.5 Å². The van der Waals surface area contributed by atoms with Gasteiger partial charge in [0.05, 0.1) is 11.4 Å². The van der Waals surface area contributed by atoms with Gasteiger partial charge in [-0.25, -0.2) is 4.98 Å². The van der Waals surface area contributed by atoms with Crippen LogP contribution in [-0.4, -0.2) is 9.38 Å². The summed E-state index contributed by atoms with van der Waals surface area (Å²) in [6.07, 6.45) is 3.89. The van der Waals surface area contributed by atoms with Crippen LogP contribution < -0.4 is 11.3 Å². The first-order valence-corrected chi connectivity index (χ1v) is 4.13. The molecule has 3 N–H and O–H groups in total. The maximum absolute atomic E-state index is 5.33. The summed E-state index contributed by atoms with van der Waals surface area (Å²) in [7, 11) is 0. The normalized spacial score (nSPS) is 10.7. The second-order valence-corrected chi connectivity index (χ2v) is 3.17. The molecule has 0 saturated heterocycles. The van der Waals surface area contributed by atoms with Gasteiger partial charge in [0, 0.05) is 12.4 Å². The third kappa shape index (κ3) is 1.25. The van der Waals surface area contributed by atoms with Gasteiger partial charge in [0.1, 0.15) is 5.65 Å². The molecule has 0 spiro atoms. The van der Waals surface area contributed by atoms with E-state index in [0.29, 0.717) is 0 Å². The SMILES string of the molecule is Cc1cn2cc(NN)cc(C)c2n1. The average molecular weight is 176 g/mol. The Kier molecular flexibility index (Phi) is 1.70. The summed E-state index contributed by atoms with van der Waals surface area (Å²) in [6, 6.07) is 1.97. The molecule has 0 aliphatic heterocycles. The lowest BCUT2D eigenvalue weighted by Crippen LogP contribution is -2.07. The molecule has 4 nitrogen and oxygen atoms in total. The van der Waals surface area contributed by atoms with Gasteiger partial charge in [0.15, 0.2) is 0 Å². The quantitative estimate of drug-likeness (QED) is 0.507. The molecule has 13 heavy (non-hydrogen) atoms. The lowest BCUT2D eigenvalue weighted by atomic mass is 10.3. The third-order valence-electron chi connectivity index (χ3n) is 2.02. The van der Waals surface area contributed by atoms with Crippen LogP contribution in [-0.2, 0) is 0 Å². The van der Waals surface area contributed by atoms with E-state index in [1.807, 2.05) is 36.7 Å². The van der Waals surface area contributed by atoms with E-state index in [2.05, 4.69) is 10.4 Å². The van der Waals surface area contributed by atoms with Crippen molar-refractivity contribution in [1.29, 1.82) is 0 Å². The zero-order valence-corrected chi connectivity index (χ0v) is 7.70. The fraction of sp³-hybridized carbons (Fsp3) is 0.222. The number of hydrogen-bond acceptors (Lipinski definition) is 3. The number of nitrogens with two attached hydrogens (primary N) is 1. The van der Waals surface area contributed by atoms with Gasteiger partial charge in [0.2, 0.25) is 0 Å². The van der Waals surface area contributed by atoms with Crippen molar-refractivity contribution in [3.8, 4) is 0 Å². The minimum atomic E-state index is 0.891. The molecular weight excluding hydrogens is 164 g/mol. The maximum atomic E-state index is 5.33. The Morgan fingerprint density at radius 2 is 2.15 bits per heavy atom. The smallest absolute Gasteiger partial charge is 0.140 e. The summed E-state index contributed by atoms with van der Waals surface area (Å²) >= 11 is 0. The van der Waals surface area contributed by atoms with Gasteiger partial charge in [-0.2, -0.15) is 0 Å². The number of rotatable bonds is 1. The molecule has 2 aromatic heterocycles. The Morgan fingerprint density at radius 1 is 1.38 bits per heavy atom. The standard InChI is InChI=1S/C9H12N4/c1-6-3-8(12-10)5-13-4-7(2)11-9(6)13/h3-5,12H,10H2,1-2H3. The van der Waals surface area contributed by atoms with Gasteiger partial charge in [-0.1, -0.05) is 0 Å². The summed E-state index contributed by atoms with van der Waals surface area (Å²) in [6.45, 7) is 3.99. The molecule has 0 unspecified atom stereocenters. The van der Waals surface area contributed by atoms with Gasteiger partial charge in [-0.3, -0.25) is 5.84 Å². The number of nitrogens with one attached hydrogen (secondary N) is 1. The summed E-state index contributed by atoms with van der Waals surface area (Å²) in [5, 5.41) is 0. The van der Waals surface area contributed by atoms with Crippen LogP contribution >= 0.6 is 0 Å². The predicted molar refractivity (Wildman–Crippen MR) is 52.5 cm³/mol. The fourth-order valence-electron chi connectivity index (χ4n) is 1.47. The Balaban J connectivity index is 2.75. The summed E-state index contributed by atoms with van der Waals surface area (Å²) in [5.41, 5.74) is 6.62. The molecule has 0 aromatic carbocycles. The molecule has 4 heteroatoms. The van der Waals surface area contributed by atoms with Crippen LogP contribution in [0.2, 0.25) is 0 Å². The molecule has 0 aliphatic rings. The zero-order chi connectivity index (χ0) is 9.42. The van der Waals surface area contributed by atoms with Crippen LogP contribution in [0.3, 0.4) is 0 Å². The van der Waals surface area contributed by atoms with E-state index < -0.39 is 0 Å². The van der Waals surface area contributed by atoms with Crippen molar-refractivity contribution in [3.63, 3.8) is 0 Å². The highest BCUT2D eigenvalue weighted by Crippen LogP contribution is 2.15. The molecule has 0 atom stereocenters. The van der Waals surface area contributed by atoms with Crippen molar-refractivity contribution in [1.82, 2.24) is 9.38 Å². The molecule has 0 fully saturated rings. The molecule has 0 aliphatic carbocycles. The number of nitrogens with zero attached hydrogens (tertiary/aromatic N) is 2. The van der Waals surface area contributed by atoms with Crippen LogP contribution in [0.1, 0.15) is 11.3 Å². The molecular formula is C9H12N4. The first kappa shape index (κ1) is 8.07. The largest absolute Gasteiger partial charge is 0.323 e. The molecule has 68 valence electrons. The van der Waals surface area contributed by atoms with Gasteiger partial charge in [-0.05, 0) is 25.5 Å². The van der Waals surface area contributed by atoms with Crippen LogP contribution in [0.4, 0.5) is 5.69 Å². The van der Waals surface area contributed by atoms with E-state index >= 15 is 0 Å². The number of hydrogen-bond donors (Lipinski definition) is 2. The molecule has 0 radical (unpaired) electrons. The van der Waals surface area contributed by atoms with Crippen molar-refractivity contribution >= 4 is 11.3 Å². The Bertz CT molecular complexity index is 444. The van der Waals surface area contributed by atoms with E-state index in [-0.39, 0.29) is 0 Å². The van der Waals surface area contributed by atoms with E-state index in [0.717, 1.165) is 22.6 Å². The Labute approximate surface area is 76.4 Å². The minimum Gasteiger partial charge on any atom is -0.323 e. The van der Waals surface area contributed by atoms with Crippen molar-refractivity contribution in [2.24, 2.45) is 5.84 Å². The maximum Gasteiger partial charge on any atom is 0.140 e. The molecule has 0 bridgehead atoms. The molecule has 0 amide bonds. The second-order valence-electron chi connectivity index (χ2n) is 3.17. The van der Waals surface area contributed by atoms with Gasteiger partial charge >= 0.3 is 0 Å². The van der Waals surface area contributed by atoms with Crippen molar-refractivity contribution in [2.75, 3.05) is 5.43 Å². The van der Waals surface area contributed by atoms with E-state index in [1.54, 1.807) is 0 Å². The number of anilines is 1. The average Bonchev–Trinajstić information content (AvgIpc) is 2.46. The number of nitrogen functional groups attached to an aromatic ring is 1. The van der Waals surface area contributed by atoms with Crippen molar-refractivity contribution in [2.45, 2.75) is 13.8 Å². The predicted octanol–water partition coefficient (Wildman–Crippen LogP) is 1.24. The number of aryl methyl sites for hydroxylation is 2. The molecule has 2 rings (SSSR count). The fourth-order valence-corrected chi connectivity index (χ4v) is 1.47. The molecule has 2 heterocycles. The van der Waals surface area contributed by atoms with Gasteiger partial charge < -0.3 is 9.83 Å². The highest BCUT2D eigenvalue weighted by molar-refractivity contribution is 5.56. The zero-order valence-electron chi connectivity index (χ0n) is 7.70. The van der Waals surface area contributed by atoms with Crippen molar-refractivity contribution in [3.05, 3.63) is 29.7 Å². The second kappa shape index (κ2) is 2.74. The third-order valence-corrected chi connectivity index (χ3v) is 2.02. The minimum absolute atomic E-state index is 0.891. The van der Waals surface area contributed by atoms with E-state index in [1.165, 1.54) is 0 Å². The highest BCUT2D eigenvalue weighted by Gasteiger charge is 2.02. The molecule has 2 aromatic rings. The number of fused-ring (bicyclic) bond motifs is 1. The van der Waals surface area contributed by atoms with E-state index in [4.69, 9.17) is 5.84 Å². The van der Waals surface area contributed by atoms with Gasteiger partial charge in [0.25, 0.3) is 0 Å². The Hall–Kier alpha value is -1.55. The number of hydrazine groups is 1. The number of imidazole rings is 1. The first-order chi connectivity index (χ1) is 6.20. The topological polar surface area (TPSA) is 55.3 Å².